The summed E-state index contributed by atoms with van der Waals surface area (Å²) in [7, 11) is 2.11. The highest BCUT2D eigenvalue weighted by Crippen LogP contribution is 2.22. The number of nitrogens with one attached hydrogen (secondary N) is 1. The first-order valence-electron chi connectivity index (χ1n) is 11.6. The molecule has 1 heterocycles. The number of rotatable bonds is 10. The number of benzene rings is 2. The molecule has 0 aromatic heterocycles. The van der Waals surface area contributed by atoms with Crippen molar-refractivity contribution in [1.82, 2.24) is 15.1 Å². The number of halogens is 1. The molecule has 0 unspecified atom stereocenters. The van der Waals surface area contributed by atoms with E-state index in [-0.39, 0.29) is 11.8 Å². The fourth-order valence-corrected chi connectivity index (χ4v) is 4.33. The van der Waals surface area contributed by atoms with Gasteiger partial charge in [-0.3, -0.25) is 4.79 Å². The van der Waals surface area contributed by atoms with Gasteiger partial charge in [0.25, 0.3) is 0 Å². The van der Waals surface area contributed by atoms with Crippen LogP contribution in [0.4, 0.5) is 4.79 Å². The van der Waals surface area contributed by atoms with Crippen LogP contribution >= 0.6 is 11.6 Å². The molecule has 2 aromatic carbocycles. The van der Waals surface area contributed by atoms with Crippen LogP contribution in [0.2, 0.25) is 5.02 Å². The van der Waals surface area contributed by atoms with Gasteiger partial charge in [0, 0.05) is 43.2 Å². The smallest absolute Gasteiger partial charge is 0.317 e. The minimum absolute atomic E-state index is 0.0338. The number of amides is 2. The average Bonchev–Trinajstić information content (AvgIpc) is 2.80. The van der Waals surface area contributed by atoms with Gasteiger partial charge in [0.05, 0.1) is 0 Å². The maximum atomic E-state index is 12.7. The minimum atomic E-state index is -0.0338. The molecule has 1 N–H and O–H groups in total. The first kappa shape index (κ1) is 24.3. The molecule has 1 aliphatic heterocycles. The van der Waals surface area contributed by atoms with E-state index in [2.05, 4.69) is 29.4 Å². The lowest BCUT2D eigenvalue weighted by molar-refractivity contribution is 0.0978. The van der Waals surface area contributed by atoms with E-state index in [0.717, 1.165) is 61.5 Å². The molecule has 1 aliphatic rings. The van der Waals surface area contributed by atoms with Gasteiger partial charge in [-0.15, -0.1) is 0 Å². The molecule has 6 heteroatoms. The lowest BCUT2D eigenvalue weighted by atomic mass is 9.95. The van der Waals surface area contributed by atoms with E-state index in [1.807, 2.05) is 42.2 Å². The van der Waals surface area contributed by atoms with Crippen molar-refractivity contribution in [3.63, 3.8) is 0 Å². The van der Waals surface area contributed by atoms with Crippen LogP contribution in [0.25, 0.3) is 0 Å². The van der Waals surface area contributed by atoms with Gasteiger partial charge in [-0.2, -0.15) is 0 Å². The minimum Gasteiger partial charge on any atom is -0.338 e. The molecule has 5 nitrogen and oxygen atoms in total. The number of urea groups is 1. The van der Waals surface area contributed by atoms with Crippen molar-refractivity contribution in [2.24, 2.45) is 0 Å². The molecule has 0 atom stereocenters. The lowest BCUT2D eigenvalue weighted by Crippen LogP contribution is -2.42. The first-order valence-corrected chi connectivity index (χ1v) is 12.0. The molecular weight excluding hydrogens is 422 g/mol. The number of Topliss-reactive ketones (excluding diaryl/α,β-unsaturated/α-hetero) is 1. The summed E-state index contributed by atoms with van der Waals surface area (Å²) < 4.78 is 0. The Labute approximate surface area is 196 Å². The van der Waals surface area contributed by atoms with Gasteiger partial charge < -0.3 is 15.1 Å². The zero-order valence-electron chi connectivity index (χ0n) is 19.2. The number of nitrogens with zero attached hydrogens (tertiary/aromatic N) is 2. The normalized spacial score (nSPS) is 13.2. The molecule has 0 saturated heterocycles. The Hall–Kier alpha value is -2.37. The molecule has 172 valence electrons. The number of carbonyl (C=O) groups is 2. The lowest BCUT2D eigenvalue weighted by Gasteiger charge is -2.29. The number of fused-ring (bicyclic) bond motifs is 1. The Morgan fingerprint density at radius 3 is 2.69 bits per heavy atom. The highest BCUT2D eigenvalue weighted by molar-refractivity contribution is 6.31. The summed E-state index contributed by atoms with van der Waals surface area (Å²) in [5.41, 5.74) is 4.26. The van der Waals surface area contributed by atoms with Crippen LogP contribution in [0.3, 0.4) is 0 Å². The summed E-state index contributed by atoms with van der Waals surface area (Å²) in [6.45, 7) is 5.74. The third-order valence-electron chi connectivity index (χ3n) is 6.07. The second-order valence-corrected chi connectivity index (χ2v) is 8.92. The number of hydrogen-bond donors (Lipinski definition) is 1. The summed E-state index contributed by atoms with van der Waals surface area (Å²) in [4.78, 5) is 29.0. The van der Waals surface area contributed by atoms with Crippen LogP contribution in [-0.4, -0.2) is 54.8 Å². The monoisotopic (exact) mass is 455 g/mol. The summed E-state index contributed by atoms with van der Waals surface area (Å²) in [6, 6.07) is 13.9. The summed E-state index contributed by atoms with van der Waals surface area (Å²) in [5, 5.41) is 3.68. The Balaban J connectivity index is 1.42. The van der Waals surface area contributed by atoms with Crippen molar-refractivity contribution in [3.05, 3.63) is 69.7 Å². The van der Waals surface area contributed by atoms with E-state index in [1.54, 1.807) is 0 Å². The summed E-state index contributed by atoms with van der Waals surface area (Å²) in [6.07, 6.45) is 4.17. The molecule has 3 rings (SSSR count). The largest absolute Gasteiger partial charge is 0.338 e. The molecule has 32 heavy (non-hydrogen) atoms. The average molecular weight is 456 g/mol. The number of unbranched alkanes of at least 4 members (excludes halogenated alkanes) is 1. The van der Waals surface area contributed by atoms with Crippen LogP contribution < -0.4 is 5.32 Å². The number of likely N-dealkylation sites (N-methyl/N-ethyl adjacent to an activating group) is 1. The maximum absolute atomic E-state index is 12.7. The van der Waals surface area contributed by atoms with Crippen LogP contribution in [0.1, 0.15) is 53.2 Å². The molecule has 2 aromatic rings. The predicted octanol–water partition coefficient (Wildman–Crippen LogP) is 4.96. The molecule has 0 radical (unpaired) electrons. The van der Waals surface area contributed by atoms with E-state index >= 15 is 0 Å². The van der Waals surface area contributed by atoms with Gasteiger partial charge in [-0.25, -0.2) is 4.79 Å². The van der Waals surface area contributed by atoms with E-state index < -0.39 is 0 Å². The van der Waals surface area contributed by atoms with Gasteiger partial charge in [0.2, 0.25) is 0 Å². The van der Waals surface area contributed by atoms with Crippen molar-refractivity contribution in [2.45, 2.75) is 45.6 Å². The second kappa shape index (κ2) is 12.0. The summed E-state index contributed by atoms with van der Waals surface area (Å²) >= 11 is 6.23. The fourth-order valence-electron chi connectivity index (χ4n) is 4.10. The topological polar surface area (TPSA) is 52.7 Å². The van der Waals surface area contributed by atoms with E-state index in [1.165, 1.54) is 11.1 Å². The van der Waals surface area contributed by atoms with Gasteiger partial charge in [0.15, 0.2) is 5.78 Å². The van der Waals surface area contributed by atoms with Crippen molar-refractivity contribution in [1.29, 1.82) is 0 Å². The molecule has 0 fully saturated rings. The van der Waals surface area contributed by atoms with Crippen molar-refractivity contribution >= 4 is 23.4 Å². The fraction of sp³-hybridized carbons (Fsp3) is 0.462. The van der Waals surface area contributed by atoms with Gasteiger partial charge in [-0.05, 0) is 75.0 Å². The number of hydrogen-bond acceptors (Lipinski definition) is 3. The highest BCUT2D eigenvalue weighted by atomic mass is 35.5. The quantitative estimate of drug-likeness (QED) is 0.407. The predicted molar refractivity (Wildman–Crippen MR) is 130 cm³/mol. The molecule has 0 saturated carbocycles. The standard InChI is InChI=1S/C26H34ClN3O2/c1-3-28-26(32)30-17-14-20-11-12-22(18-23(20)19-30)25(31)10-6-7-15-29(2)16-13-21-8-4-5-9-24(21)27/h4-5,8-9,11-12,18H,3,6-7,10,13-17,19H2,1-2H3,(H,28,32). The van der Waals surface area contributed by atoms with Crippen molar-refractivity contribution in [2.75, 3.05) is 33.2 Å². The number of carbonyl (C=O) groups excluding carboxylic acids is 2. The van der Waals surface area contributed by atoms with Crippen LogP contribution in [-0.2, 0) is 19.4 Å². The molecular formula is C26H34ClN3O2. The zero-order valence-corrected chi connectivity index (χ0v) is 20.0. The highest BCUT2D eigenvalue weighted by Gasteiger charge is 2.21. The van der Waals surface area contributed by atoms with Crippen LogP contribution in [0.5, 0.6) is 0 Å². The third kappa shape index (κ3) is 6.81. The Kier molecular flexibility index (Phi) is 9.12. The Bertz CT molecular complexity index is 931. The van der Waals surface area contributed by atoms with Crippen LogP contribution in [0.15, 0.2) is 42.5 Å². The zero-order chi connectivity index (χ0) is 22.9. The molecule has 0 bridgehead atoms. The second-order valence-electron chi connectivity index (χ2n) is 8.52. The Morgan fingerprint density at radius 1 is 1.09 bits per heavy atom. The van der Waals surface area contributed by atoms with Crippen molar-refractivity contribution in [3.8, 4) is 0 Å². The summed E-state index contributed by atoms with van der Waals surface area (Å²) in [5.74, 6) is 0.182. The van der Waals surface area contributed by atoms with E-state index in [4.69, 9.17) is 11.6 Å². The van der Waals surface area contributed by atoms with E-state index in [0.29, 0.717) is 19.5 Å². The van der Waals surface area contributed by atoms with Gasteiger partial charge in [-0.1, -0.05) is 41.9 Å². The maximum Gasteiger partial charge on any atom is 0.317 e. The molecule has 0 aliphatic carbocycles. The third-order valence-corrected chi connectivity index (χ3v) is 6.44. The SMILES string of the molecule is CCNC(=O)N1CCc2ccc(C(=O)CCCCN(C)CCc3ccccc3Cl)cc2C1. The first-order chi connectivity index (χ1) is 15.5. The Morgan fingerprint density at radius 2 is 1.91 bits per heavy atom. The molecule has 2 amide bonds. The van der Waals surface area contributed by atoms with Crippen molar-refractivity contribution < 1.29 is 9.59 Å². The van der Waals surface area contributed by atoms with E-state index in [9.17, 15) is 9.59 Å². The van der Waals surface area contributed by atoms with Gasteiger partial charge in [0.1, 0.15) is 0 Å². The molecule has 0 spiro atoms. The number of ketones is 1. The van der Waals surface area contributed by atoms with Gasteiger partial charge >= 0.3 is 6.03 Å². The van der Waals surface area contributed by atoms with Crippen LogP contribution in [0, 0.1) is 0 Å².